The summed E-state index contributed by atoms with van der Waals surface area (Å²) in [6, 6.07) is 9.33. The average Bonchev–Trinajstić information content (AvgIpc) is 3.19. The molecule has 0 fully saturated rings. The molecular weight excluding hydrogens is 360 g/mol. The molecule has 7 heteroatoms. The van der Waals surface area contributed by atoms with Gasteiger partial charge in [0, 0.05) is 18.7 Å². The number of carbonyl (C=O) groups excluding carboxylic acids is 1. The van der Waals surface area contributed by atoms with Gasteiger partial charge in [-0.15, -0.1) is 0 Å². The number of rotatable bonds is 5. The van der Waals surface area contributed by atoms with Crippen LogP contribution in [0.15, 0.2) is 30.3 Å². The van der Waals surface area contributed by atoms with E-state index in [9.17, 15) is 4.79 Å². The van der Waals surface area contributed by atoms with Crippen LogP contribution in [0, 0.1) is 0 Å². The molecule has 2 heterocycles. The van der Waals surface area contributed by atoms with E-state index in [-0.39, 0.29) is 18.7 Å². The van der Waals surface area contributed by atoms with Crippen LogP contribution in [0.3, 0.4) is 0 Å². The molecule has 0 aliphatic carbocycles. The third-order valence-corrected chi connectivity index (χ3v) is 5.36. The Hall–Kier alpha value is -2.93. The first-order chi connectivity index (χ1) is 13.6. The second-order valence-electron chi connectivity index (χ2n) is 6.93. The summed E-state index contributed by atoms with van der Waals surface area (Å²) < 4.78 is 21.6. The summed E-state index contributed by atoms with van der Waals surface area (Å²) in [5, 5.41) is 3.05. The second-order valence-corrected chi connectivity index (χ2v) is 6.93. The maximum atomic E-state index is 12.7. The highest BCUT2D eigenvalue weighted by Gasteiger charge is 2.27. The number of methoxy groups -OCH3 is 2. The van der Waals surface area contributed by atoms with E-state index < -0.39 is 0 Å². The van der Waals surface area contributed by atoms with Gasteiger partial charge in [0.05, 0.1) is 20.3 Å². The Balaban J connectivity index is 1.52. The van der Waals surface area contributed by atoms with E-state index >= 15 is 0 Å². The number of hydrogen-bond donors (Lipinski definition) is 1. The van der Waals surface area contributed by atoms with Gasteiger partial charge in [-0.25, -0.2) is 0 Å². The van der Waals surface area contributed by atoms with Crippen LogP contribution in [0.2, 0.25) is 0 Å². The molecular formula is C21H24N2O5. The summed E-state index contributed by atoms with van der Waals surface area (Å²) in [6.45, 7) is 1.59. The maximum Gasteiger partial charge on any atom is 0.251 e. The summed E-state index contributed by atoms with van der Waals surface area (Å²) in [5.74, 6) is 2.56. The van der Waals surface area contributed by atoms with E-state index in [2.05, 4.69) is 17.3 Å². The molecule has 0 saturated carbocycles. The number of fused-ring (bicyclic) bond motifs is 2. The summed E-state index contributed by atoms with van der Waals surface area (Å²) in [5.41, 5.74) is 2.92. The molecule has 2 aliphatic rings. The van der Waals surface area contributed by atoms with E-state index in [4.69, 9.17) is 18.9 Å². The van der Waals surface area contributed by atoms with E-state index in [1.54, 1.807) is 32.4 Å². The van der Waals surface area contributed by atoms with Crippen molar-refractivity contribution in [3.05, 3.63) is 47.0 Å². The van der Waals surface area contributed by atoms with Gasteiger partial charge in [0.2, 0.25) is 6.79 Å². The van der Waals surface area contributed by atoms with Gasteiger partial charge in [-0.1, -0.05) is 0 Å². The van der Waals surface area contributed by atoms with Crippen molar-refractivity contribution >= 4 is 5.91 Å². The Kier molecular flexibility index (Phi) is 5.00. The largest absolute Gasteiger partial charge is 0.493 e. The summed E-state index contributed by atoms with van der Waals surface area (Å²) >= 11 is 0. The fourth-order valence-electron chi connectivity index (χ4n) is 3.75. The topological polar surface area (TPSA) is 69.3 Å². The van der Waals surface area contributed by atoms with Crippen molar-refractivity contribution < 1.29 is 23.7 Å². The molecule has 0 bridgehead atoms. The van der Waals surface area contributed by atoms with Crippen LogP contribution in [-0.2, 0) is 6.42 Å². The van der Waals surface area contributed by atoms with Crippen molar-refractivity contribution in [3.63, 3.8) is 0 Å². The Morgan fingerprint density at radius 3 is 2.68 bits per heavy atom. The van der Waals surface area contributed by atoms with Gasteiger partial charge in [-0.3, -0.25) is 9.69 Å². The fourth-order valence-corrected chi connectivity index (χ4v) is 3.75. The molecule has 1 atom stereocenters. The second kappa shape index (κ2) is 7.59. The average molecular weight is 384 g/mol. The van der Waals surface area contributed by atoms with Gasteiger partial charge < -0.3 is 24.3 Å². The molecule has 0 aromatic heterocycles. The van der Waals surface area contributed by atoms with Crippen molar-refractivity contribution in [2.45, 2.75) is 12.5 Å². The van der Waals surface area contributed by atoms with Gasteiger partial charge in [0.1, 0.15) is 0 Å². The molecule has 1 amide bonds. The third kappa shape index (κ3) is 3.33. The van der Waals surface area contributed by atoms with Crippen LogP contribution in [-0.4, -0.2) is 52.0 Å². The van der Waals surface area contributed by atoms with Crippen molar-refractivity contribution in [3.8, 4) is 23.0 Å². The molecule has 0 unspecified atom stereocenters. The first kappa shape index (κ1) is 18.4. The highest BCUT2D eigenvalue weighted by atomic mass is 16.7. The van der Waals surface area contributed by atoms with Crippen LogP contribution >= 0.6 is 0 Å². The van der Waals surface area contributed by atoms with Crippen molar-refractivity contribution in [2.75, 3.05) is 41.1 Å². The minimum atomic E-state index is -0.140. The lowest BCUT2D eigenvalue weighted by Gasteiger charge is -2.35. The third-order valence-electron chi connectivity index (χ3n) is 5.36. The lowest BCUT2D eigenvalue weighted by atomic mass is 9.92. The minimum Gasteiger partial charge on any atom is -0.493 e. The number of nitrogens with one attached hydrogen (secondary N) is 1. The standard InChI is InChI=1S/C21H24N2O5/c1-23-7-6-13-8-18(25-2)19(26-3)10-15(13)16(23)11-22-21(24)14-4-5-17-20(9-14)28-12-27-17/h4-5,8-10,16H,6-7,11-12H2,1-3H3,(H,22,24)/t16-/m1/s1. The van der Waals surface area contributed by atoms with Gasteiger partial charge in [0.25, 0.3) is 5.91 Å². The van der Waals surface area contributed by atoms with Crippen LogP contribution < -0.4 is 24.3 Å². The van der Waals surface area contributed by atoms with Crippen LogP contribution in [0.5, 0.6) is 23.0 Å². The van der Waals surface area contributed by atoms with Crippen molar-refractivity contribution in [1.82, 2.24) is 10.2 Å². The highest BCUT2D eigenvalue weighted by Crippen LogP contribution is 2.37. The molecule has 0 spiro atoms. The van der Waals surface area contributed by atoms with Gasteiger partial charge in [0.15, 0.2) is 23.0 Å². The molecule has 2 aromatic carbocycles. The number of likely N-dealkylation sites (N-methyl/N-ethyl adjacent to an activating group) is 1. The Morgan fingerprint density at radius 1 is 1.14 bits per heavy atom. The van der Waals surface area contributed by atoms with Crippen LogP contribution in [0.25, 0.3) is 0 Å². The number of ether oxygens (including phenoxy) is 4. The predicted octanol–water partition coefficient (Wildman–Crippen LogP) is 2.39. The van der Waals surface area contributed by atoms with E-state index in [1.807, 2.05) is 12.1 Å². The van der Waals surface area contributed by atoms with E-state index in [1.165, 1.54) is 5.56 Å². The van der Waals surface area contributed by atoms with Gasteiger partial charge >= 0.3 is 0 Å². The molecule has 148 valence electrons. The Morgan fingerprint density at radius 2 is 1.89 bits per heavy atom. The minimum absolute atomic E-state index is 0.0570. The molecule has 4 rings (SSSR count). The van der Waals surface area contributed by atoms with Gasteiger partial charge in [-0.2, -0.15) is 0 Å². The normalized spacial score (nSPS) is 17.8. The Bertz CT molecular complexity index is 899. The Labute approximate surface area is 164 Å². The van der Waals surface area contributed by atoms with E-state index in [0.29, 0.717) is 29.4 Å². The number of amides is 1. The number of carbonyl (C=O) groups is 1. The van der Waals surface area contributed by atoms with Crippen LogP contribution in [0.4, 0.5) is 0 Å². The summed E-state index contributed by atoms with van der Waals surface area (Å²) in [7, 11) is 5.34. The zero-order chi connectivity index (χ0) is 19.7. The van der Waals surface area contributed by atoms with Crippen LogP contribution in [0.1, 0.15) is 27.5 Å². The zero-order valence-corrected chi connectivity index (χ0v) is 16.3. The SMILES string of the molecule is COc1cc2c(cc1OC)[C@@H](CNC(=O)c1ccc3c(c1)OCO3)N(C)CC2. The highest BCUT2D eigenvalue weighted by molar-refractivity contribution is 5.95. The zero-order valence-electron chi connectivity index (χ0n) is 16.3. The molecule has 28 heavy (non-hydrogen) atoms. The quantitative estimate of drug-likeness (QED) is 0.854. The first-order valence-electron chi connectivity index (χ1n) is 9.23. The van der Waals surface area contributed by atoms with Crippen molar-refractivity contribution in [1.29, 1.82) is 0 Å². The monoisotopic (exact) mass is 384 g/mol. The smallest absolute Gasteiger partial charge is 0.251 e. The van der Waals surface area contributed by atoms with Crippen molar-refractivity contribution in [2.24, 2.45) is 0 Å². The van der Waals surface area contributed by atoms with E-state index in [0.717, 1.165) is 24.3 Å². The molecule has 2 aromatic rings. The number of nitrogens with zero attached hydrogens (tertiary/aromatic N) is 1. The lowest BCUT2D eigenvalue weighted by Crippen LogP contribution is -2.40. The molecule has 1 N–H and O–H groups in total. The van der Waals surface area contributed by atoms with Gasteiger partial charge in [-0.05, 0) is 54.9 Å². The molecule has 0 radical (unpaired) electrons. The summed E-state index contributed by atoms with van der Waals surface area (Å²) in [6.07, 6.45) is 0.929. The predicted molar refractivity (Wildman–Crippen MR) is 104 cm³/mol. The fraction of sp³-hybridized carbons (Fsp3) is 0.381. The summed E-state index contributed by atoms with van der Waals surface area (Å²) in [4.78, 5) is 14.9. The molecule has 7 nitrogen and oxygen atoms in total. The number of benzene rings is 2. The maximum absolute atomic E-state index is 12.7. The first-order valence-corrected chi connectivity index (χ1v) is 9.23. The molecule has 0 saturated heterocycles. The lowest BCUT2D eigenvalue weighted by molar-refractivity contribution is 0.0936. The number of hydrogen-bond acceptors (Lipinski definition) is 6. The molecule has 2 aliphatic heterocycles.